The van der Waals surface area contributed by atoms with Gasteiger partial charge in [0.05, 0.1) is 21.2 Å². The van der Waals surface area contributed by atoms with Gasteiger partial charge in [0.2, 0.25) is 0 Å². The SMILES string of the molecule is S=c1[nH]c2cc(Cl)cnc2n1-c1ccc(Br)cc1Cl. The van der Waals surface area contributed by atoms with E-state index in [-0.39, 0.29) is 0 Å². The van der Waals surface area contributed by atoms with Crippen LogP contribution in [0, 0.1) is 4.77 Å². The van der Waals surface area contributed by atoms with Gasteiger partial charge in [0.15, 0.2) is 10.4 Å². The van der Waals surface area contributed by atoms with Crippen molar-refractivity contribution in [2.45, 2.75) is 0 Å². The molecule has 0 aliphatic carbocycles. The van der Waals surface area contributed by atoms with Crippen molar-refractivity contribution in [3.8, 4) is 5.69 Å². The molecule has 1 aromatic carbocycles. The minimum absolute atomic E-state index is 0.522. The van der Waals surface area contributed by atoms with Gasteiger partial charge in [-0.05, 0) is 36.5 Å². The second-order valence-corrected chi connectivity index (χ2v) is 6.03. The topological polar surface area (TPSA) is 33.6 Å². The van der Waals surface area contributed by atoms with E-state index >= 15 is 0 Å². The summed E-state index contributed by atoms with van der Waals surface area (Å²) in [6.45, 7) is 0. The first kappa shape index (κ1) is 13.1. The molecule has 0 radical (unpaired) electrons. The highest BCUT2D eigenvalue weighted by molar-refractivity contribution is 9.10. The van der Waals surface area contributed by atoms with E-state index in [0.29, 0.717) is 20.5 Å². The number of nitrogens with one attached hydrogen (secondary N) is 1. The second kappa shape index (κ2) is 4.90. The molecule has 0 aliphatic heterocycles. The van der Waals surface area contributed by atoms with E-state index in [4.69, 9.17) is 35.4 Å². The van der Waals surface area contributed by atoms with Crippen LogP contribution in [0.25, 0.3) is 16.9 Å². The average molecular weight is 375 g/mol. The van der Waals surface area contributed by atoms with Crippen molar-refractivity contribution < 1.29 is 0 Å². The quantitative estimate of drug-likeness (QED) is 0.597. The third kappa shape index (κ3) is 2.31. The van der Waals surface area contributed by atoms with Crippen molar-refractivity contribution >= 4 is 62.5 Å². The number of pyridine rings is 1. The average Bonchev–Trinajstić information content (AvgIpc) is 2.65. The Labute approximate surface area is 132 Å². The molecule has 2 heterocycles. The highest BCUT2D eigenvalue weighted by atomic mass is 79.9. The molecule has 0 aliphatic rings. The van der Waals surface area contributed by atoms with Gasteiger partial charge < -0.3 is 4.98 Å². The fourth-order valence-electron chi connectivity index (χ4n) is 1.86. The van der Waals surface area contributed by atoms with E-state index in [2.05, 4.69) is 25.9 Å². The zero-order valence-electron chi connectivity index (χ0n) is 9.32. The Balaban J connectivity index is 2.36. The molecule has 0 bridgehead atoms. The fourth-order valence-corrected chi connectivity index (χ4v) is 3.07. The number of hydrogen-bond acceptors (Lipinski definition) is 2. The van der Waals surface area contributed by atoms with Gasteiger partial charge in [0, 0.05) is 10.7 Å². The van der Waals surface area contributed by atoms with Crippen LogP contribution in [0.3, 0.4) is 0 Å². The normalized spacial score (nSPS) is 11.1. The standard InChI is InChI=1S/C12H6BrCl2N3S/c13-6-1-2-10(8(15)3-6)18-11-9(17-12(18)19)4-7(14)5-16-11/h1-5H,(H,17,19). The van der Waals surface area contributed by atoms with Crippen LogP contribution in [0.2, 0.25) is 10.0 Å². The molecule has 0 atom stereocenters. The van der Waals surface area contributed by atoms with Crippen molar-refractivity contribution in [2.75, 3.05) is 0 Å². The van der Waals surface area contributed by atoms with Crippen molar-refractivity contribution in [1.82, 2.24) is 14.5 Å². The minimum atomic E-state index is 0.522. The lowest BCUT2D eigenvalue weighted by Crippen LogP contribution is -1.96. The van der Waals surface area contributed by atoms with Crippen LogP contribution < -0.4 is 0 Å². The summed E-state index contributed by atoms with van der Waals surface area (Å²) in [5.74, 6) is 0. The van der Waals surface area contributed by atoms with Crippen LogP contribution >= 0.6 is 51.3 Å². The first-order chi connectivity index (χ1) is 9.06. The number of aromatic nitrogens is 3. The molecular weight excluding hydrogens is 369 g/mol. The van der Waals surface area contributed by atoms with Crippen LogP contribution in [0.4, 0.5) is 0 Å². The molecule has 0 spiro atoms. The summed E-state index contributed by atoms with van der Waals surface area (Å²) in [5.41, 5.74) is 2.24. The molecule has 19 heavy (non-hydrogen) atoms. The summed E-state index contributed by atoms with van der Waals surface area (Å²) in [4.78, 5) is 7.37. The van der Waals surface area contributed by atoms with E-state index in [1.165, 1.54) is 0 Å². The number of halogens is 3. The third-order valence-electron chi connectivity index (χ3n) is 2.64. The Kier molecular flexibility index (Phi) is 3.39. The molecule has 7 heteroatoms. The monoisotopic (exact) mass is 373 g/mol. The summed E-state index contributed by atoms with van der Waals surface area (Å²) >= 11 is 20.9. The van der Waals surface area contributed by atoms with Crippen molar-refractivity contribution in [3.63, 3.8) is 0 Å². The van der Waals surface area contributed by atoms with Crippen LogP contribution in [0.15, 0.2) is 34.9 Å². The molecule has 3 aromatic rings. The van der Waals surface area contributed by atoms with E-state index in [1.54, 1.807) is 16.8 Å². The second-order valence-electron chi connectivity index (χ2n) is 3.89. The van der Waals surface area contributed by atoms with E-state index in [0.717, 1.165) is 15.7 Å². The Hall–Kier alpha value is -0.880. The van der Waals surface area contributed by atoms with Gasteiger partial charge in [-0.3, -0.25) is 4.57 Å². The molecule has 96 valence electrons. The van der Waals surface area contributed by atoms with Gasteiger partial charge in [0.1, 0.15) is 0 Å². The highest BCUT2D eigenvalue weighted by Gasteiger charge is 2.11. The number of aromatic amines is 1. The third-order valence-corrected chi connectivity index (χ3v) is 3.93. The smallest absolute Gasteiger partial charge is 0.184 e. The van der Waals surface area contributed by atoms with Gasteiger partial charge in [-0.25, -0.2) is 4.98 Å². The molecule has 0 fully saturated rings. The first-order valence-corrected chi connectivity index (χ1v) is 7.23. The lowest BCUT2D eigenvalue weighted by atomic mass is 10.3. The zero-order valence-corrected chi connectivity index (χ0v) is 13.2. The zero-order chi connectivity index (χ0) is 13.6. The van der Waals surface area contributed by atoms with Crippen LogP contribution in [0.5, 0.6) is 0 Å². The maximum atomic E-state index is 6.26. The fraction of sp³-hybridized carbons (Fsp3) is 0. The summed E-state index contributed by atoms with van der Waals surface area (Å²) in [6.07, 6.45) is 1.58. The number of benzene rings is 1. The molecule has 1 N–H and O–H groups in total. The molecular formula is C12H6BrCl2N3S. The number of imidazole rings is 1. The van der Waals surface area contributed by atoms with Gasteiger partial charge in [-0.15, -0.1) is 0 Å². The maximum absolute atomic E-state index is 6.26. The first-order valence-electron chi connectivity index (χ1n) is 5.28. The van der Waals surface area contributed by atoms with E-state index < -0.39 is 0 Å². The number of nitrogens with zero attached hydrogens (tertiary/aromatic N) is 2. The molecule has 0 saturated heterocycles. The van der Waals surface area contributed by atoms with Crippen molar-refractivity contribution in [3.05, 3.63) is 49.8 Å². The number of fused-ring (bicyclic) bond motifs is 1. The lowest BCUT2D eigenvalue weighted by Gasteiger charge is -2.06. The van der Waals surface area contributed by atoms with Gasteiger partial charge in [0.25, 0.3) is 0 Å². The molecule has 2 aromatic heterocycles. The summed E-state index contributed by atoms with van der Waals surface area (Å²) < 4.78 is 3.22. The Morgan fingerprint density at radius 2 is 2.05 bits per heavy atom. The van der Waals surface area contributed by atoms with Crippen LogP contribution in [-0.4, -0.2) is 14.5 Å². The van der Waals surface area contributed by atoms with Crippen LogP contribution in [-0.2, 0) is 0 Å². The Bertz CT molecular complexity index is 841. The van der Waals surface area contributed by atoms with E-state index in [9.17, 15) is 0 Å². The largest absolute Gasteiger partial charge is 0.329 e. The minimum Gasteiger partial charge on any atom is -0.329 e. The molecule has 3 rings (SSSR count). The highest BCUT2D eigenvalue weighted by Crippen LogP contribution is 2.28. The predicted octanol–water partition coefficient (Wildman–Crippen LogP) is 5.15. The van der Waals surface area contributed by atoms with Crippen molar-refractivity contribution in [2.24, 2.45) is 0 Å². The van der Waals surface area contributed by atoms with Gasteiger partial charge in [-0.1, -0.05) is 39.1 Å². The number of hydrogen-bond donors (Lipinski definition) is 1. The maximum Gasteiger partial charge on any atom is 0.184 e. The summed E-state index contributed by atoms with van der Waals surface area (Å²) in [7, 11) is 0. The molecule has 0 unspecified atom stereocenters. The number of rotatable bonds is 1. The van der Waals surface area contributed by atoms with Gasteiger partial charge in [-0.2, -0.15) is 0 Å². The predicted molar refractivity (Wildman–Crippen MR) is 84.0 cm³/mol. The summed E-state index contributed by atoms with van der Waals surface area (Å²) in [5, 5.41) is 1.14. The Morgan fingerprint density at radius 1 is 1.26 bits per heavy atom. The van der Waals surface area contributed by atoms with Crippen molar-refractivity contribution in [1.29, 1.82) is 0 Å². The lowest BCUT2D eigenvalue weighted by molar-refractivity contribution is 1.04. The Morgan fingerprint density at radius 3 is 2.79 bits per heavy atom. The van der Waals surface area contributed by atoms with Gasteiger partial charge >= 0.3 is 0 Å². The number of H-pyrrole nitrogens is 1. The van der Waals surface area contributed by atoms with Crippen LogP contribution in [0.1, 0.15) is 0 Å². The molecule has 0 amide bonds. The van der Waals surface area contributed by atoms with E-state index in [1.807, 2.05) is 18.2 Å². The molecule has 0 saturated carbocycles. The molecule has 3 nitrogen and oxygen atoms in total. The summed E-state index contributed by atoms with van der Waals surface area (Å²) in [6, 6.07) is 7.37.